The van der Waals surface area contributed by atoms with Gasteiger partial charge in [0.05, 0.1) is 0 Å². The van der Waals surface area contributed by atoms with Crippen molar-refractivity contribution in [2.75, 3.05) is 19.8 Å². The third-order valence-electron chi connectivity index (χ3n) is 0.948. The first-order valence-corrected chi connectivity index (χ1v) is 3.50. The van der Waals surface area contributed by atoms with E-state index in [1.165, 1.54) is 0 Å². The third-order valence-corrected chi connectivity index (χ3v) is 0.948. The average molecular weight is 143 g/mol. The molecule has 0 unspecified atom stereocenters. The predicted octanol–water partition coefficient (Wildman–Crippen LogP) is 1.30. The largest absolute Gasteiger partial charge is 0.427 e. The van der Waals surface area contributed by atoms with E-state index in [0.717, 1.165) is 19.4 Å². The van der Waals surface area contributed by atoms with Crippen LogP contribution in [0.2, 0.25) is 0 Å². The lowest BCUT2D eigenvalue weighted by molar-refractivity contribution is 0.115. The summed E-state index contributed by atoms with van der Waals surface area (Å²) in [4.78, 5) is 0. The number of ether oxygens (including phenoxy) is 2. The van der Waals surface area contributed by atoms with Gasteiger partial charge in [0.15, 0.2) is 0 Å². The lowest BCUT2D eigenvalue weighted by atomic mass is 10.5. The Morgan fingerprint density at radius 2 is 2.10 bits per heavy atom. The Bertz CT molecular complexity index is 98.3. The van der Waals surface area contributed by atoms with Crippen molar-refractivity contribution in [3.8, 4) is 6.26 Å². The summed E-state index contributed by atoms with van der Waals surface area (Å²) in [6.07, 6.45) is 3.44. The predicted molar refractivity (Wildman–Crippen MR) is 37.3 cm³/mol. The van der Waals surface area contributed by atoms with E-state index < -0.39 is 0 Å². The van der Waals surface area contributed by atoms with E-state index in [1.54, 1.807) is 6.26 Å². The van der Waals surface area contributed by atoms with Crippen molar-refractivity contribution in [1.29, 1.82) is 5.26 Å². The summed E-state index contributed by atoms with van der Waals surface area (Å²) >= 11 is 0. The summed E-state index contributed by atoms with van der Waals surface area (Å²) in [7, 11) is 0. The molecule has 0 heterocycles. The Balaban J connectivity index is 2.72. The molecule has 0 spiro atoms. The van der Waals surface area contributed by atoms with Gasteiger partial charge in [-0.25, -0.2) is 0 Å². The van der Waals surface area contributed by atoms with Gasteiger partial charge < -0.3 is 9.47 Å². The van der Waals surface area contributed by atoms with Crippen LogP contribution in [0.3, 0.4) is 0 Å². The summed E-state index contributed by atoms with van der Waals surface area (Å²) in [5.74, 6) is 0. The number of hydrogen-bond donors (Lipinski definition) is 0. The molecule has 3 nitrogen and oxygen atoms in total. The molecule has 0 atom stereocenters. The van der Waals surface area contributed by atoms with Gasteiger partial charge in [-0.2, -0.15) is 5.26 Å². The number of rotatable bonds is 6. The summed E-state index contributed by atoms with van der Waals surface area (Å²) in [6.45, 7) is 4.02. The van der Waals surface area contributed by atoms with Gasteiger partial charge in [0.25, 0.3) is 6.26 Å². The first kappa shape index (κ1) is 9.25. The van der Waals surface area contributed by atoms with E-state index in [-0.39, 0.29) is 0 Å². The van der Waals surface area contributed by atoms with Gasteiger partial charge in [0.2, 0.25) is 0 Å². The molecule has 0 aromatic carbocycles. The van der Waals surface area contributed by atoms with Gasteiger partial charge in [-0.15, -0.1) is 0 Å². The number of hydrogen-bond acceptors (Lipinski definition) is 3. The van der Waals surface area contributed by atoms with Crippen molar-refractivity contribution in [3.63, 3.8) is 0 Å². The Labute approximate surface area is 61.5 Å². The minimum atomic E-state index is 0.472. The van der Waals surface area contributed by atoms with Crippen LogP contribution in [-0.4, -0.2) is 19.8 Å². The molecule has 58 valence electrons. The fourth-order valence-corrected chi connectivity index (χ4v) is 0.525. The molecule has 0 aromatic rings. The Morgan fingerprint density at radius 1 is 1.30 bits per heavy atom. The number of nitrogens with zero attached hydrogens (tertiary/aromatic N) is 1. The SMILES string of the molecule is CCCOCCCOC#N. The molecule has 0 aliphatic rings. The lowest BCUT2D eigenvalue weighted by Gasteiger charge is -1.99. The van der Waals surface area contributed by atoms with Gasteiger partial charge >= 0.3 is 0 Å². The first-order valence-electron chi connectivity index (χ1n) is 3.50. The van der Waals surface area contributed by atoms with E-state index in [9.17, 15) is 0 Å². The standard InChI is InChI=1S/C7H13NO2/c1-2-4-9-5-3-6-10-7-8/h2-6H2,1H3. The van der Waals surface area contributed by atoms with Crippen LogP contribution in [0.25, 0.3) is 0 Å². The molecule has 0 fully saturated rings. The molecule has 0 aliphatic heterocycles. The van der Waals surface area contributed by atoms with Crippen LogP contribution in [0.4, 0.5) is 0 Å². The maximum Gasteiger partial charge on any atom is 0.286 e. The Kier molecular flexibility index (Phi) is 7.63. The van der Waals surface area contributed by atoms with Crippen LogP contribution in [0.5, 0.6) is 0 Å². The van der Waals surface area contributed by atoms with Gasteiger partial charge in [-0.1, -0.05) is 6.92 Å². The van der Waals surface area contributed by atoms with Gasteiger partial charge in [0.1, 0.15) is 6.61 Å². The highest BCUT2D eigenvalue weighted by molar-refractivity contribution is 4.46. The van der Waals surface area contributed by atoms with Gasteiger partial charge in [-0.3, -0.25) is 0 Å². The molecule has 0 bridgehead atoms. The Morgan fingerprint density at radius 3 is 2.70 bits per heavy atom. The zero-order chi connectivity index (χ0) is 7.66. The fourth-order valence-electron chi connectivity index (χ4n) is 0.525. The third kappa shape index (κ3) is 7.25. The molecule has 0 aliphatic carbocycles. The van der Waals surface area contributed by atoms with Crippen LogP contribution < -0.4 is 0 Å². The van der Waals surface area contributed by atoms with Crippen molar-refractivity contribution in [2.24, 2.45) is 0 Å². The fraction of sp³-hybridized carbons (Fsp3) is 0.857. The highest BCUT2D eigenvalue weighted by atomic mass is 16.5. The summed E-state index contributed by atoms with van der Waals surface area (Å²) < 4.78 is 9.58. The molecule has 0 saturated carbocycles. The minimum absolute atomic E-state index is 0.472. The monoisotopic (exact) mass is 143 g/mol. The normalized spacial score (nSPS) is 8.80. The second-order valence-electron chi connectivity index (χ2n) is 1.91. The van der Waals surface area contributed by atoms with Crippen molar-refractivity contribution in [2.45, 2.75) is 19.8 Å². The van der Waals surface area contributed by atoms with E-state index in [0.29, 0.717) is 13.2 Å². The summed E-state index contributed by atoms with van der Waals surface area (Å²) in [6, 6.07) is 0. The molecule has 0 saturated heterocycles. The van der Waals surface area contributed by atoms with Gasteiger partial charge in [0, 0.05) is 19.6 Å². The number of nitriles is 1. The second-order valence-corrected chi connectivity index (χ2v) is 1.91. The smallest absolute Gasteiger partial charge is 0.286 e. The van der Waals surface area contributed by atoms with Crippen molar-refractivity contribution in [1.82, 2.24) is 0 Å². The van der Waals surface area contributed by atoms with Crippen LogP contribution in [0, 0.1) is 11.5 Å². The summed E-state index contributed by atoms with van der Waals surface area (Å²) in [5.41, 5.74) is 0. The van der Waals surface area contributed by atoms with E-state index in [2.05, 4.69) is 11.7 Å². The van der Waals surface area contributed by atoms with Crippen LogP contribution in [0.1, 0.15) is 19.8 Å². The highest BCUT2D eigenvalue weighted by Crippen LogP contribution is 1.85. The molecule has 0 radical (unpaired) electrons. The molecule has 0 rings (SSSR count). The Hall–Kier alpha value is -0.750. The summed E-state index contributed by atoms with van der Waals surface area (Å²) in [5, 5.41) is 7.96. The van der Waals surface area contributed by atoms with E-state index in [1.807, 2.05) is 0 Å². The maximum atomic E-state index is 7.96. The van der Waals surface area contributed by atoms with Crippen LogP contribution in [0.15, 0.2) is 0 Å². The van der Waals surface area contributed by atoms with E-state index >= 15 is 0 Å². The zero-order valence-corrected chi connectivity index (χ0v) is 6.30. The van der Waals surface area contributed by atoms with Crippen molar-refractivity contribution in [3.05, 3.63) is 0 Å². The van der Waals surface area contributed by atoms with E-state index in [4.69, 9.17) is 10.00 Å². The molecule has 0 amide bonds. The molecule has 3 heteroatoms. The molecular formula is C7H13NO2. The first-order chi connectivity index (χ1) is 4.91. The van der Waals surface area contributed by atoms with Crippen LogP contribution in [-0.2, 0) is 9.47 Å². The lowest BCUT2D eigenvalue weighted by Crippen LogP contribution is -1.99. The molecular weight excluding hydrogens is 130 g/mol. The molecule has 10 heavy (non-hydrogen) atoms. The van der Waals surface area contributed by atoms with Crippen LogP contribution >= 0.6 is 0 Å². The second kappa shape index (κ2) is 8.25. The minimum Gasteiger partial charge on any atom is -0.427 e. The average Bonchev–Trinajstić information content (AvgIpc) is 1.97. The topological polar surface area (TPSA) is 42.2 Å². The zero-order valence-electron chi connectivity index (χ0n) is 6.30. The molecule has 0 aromatic heterocycles. The molecule has 0 N–H and O–H groups in total. The van der Waals surface area contributed by atoms with Gasteiger partial charge in [-0.05, 0) is 6.42 Å². The highest BCUT2D eigenvalue weighted by Gasteiger charge is 1.86. The maximum absolute atomic E-state index is 7.96. The van der Waals surface area contributed by atoms with Crippen molar-refractivity contribution >= 4 is 0 Å². The van der Waals surface area contributed by atoms with Crippen molar-refractivity contribution < 1.29 is 9.47 Å². The quantitative estimate of drug-likeness (QED) is 0.415.